The van der Waals surface area contributed by atoms with Crippen LogP contribution in [0.3, 0.4) is 0 Å². The Morgan fingerprint density at radius 3 is 3.00 bits per heavy atom. The highest BCUT2D eigenvalue weighted by atomic mass is 79.9. The highest BCUT2D eigenvalue weighted by Gasteiger charge is 2.13. The second-order valence-electron chi connectivity index (χ2n) is 4.20. The molecule has 0 saturated carbocycles. The zero-order valence-corrected chi connectivity index (χ0v) is 11.2. The Morgan fingerprint density at radius 2 is 2.24 bits per heavy atom. The number of nitrogens with two attached hydrogens (primary N) is 1. The predicted molar refractivity (Wildman–Crippen MR) is 70.8 cm³/mol. The van der Waals surface area contributed by atoms with Gasteiger partial charge < -0.3 is 15.8 Å². The highest BCUT2D eigenvalue weighted by Crippen LogP contribution is 2.20. The lowest BCUT2D eigenvalue weighted by molar-refractivity contribution is 0.0649. The van der Waals surface area contributed by atoms with Gasteiger partial charge >= 0.3 is 0 Å². The van der Waals surface area contributed by atoms with E-state index in [1.807, 2.05) is 0 Å². The molecular formula is C11H17BrN4O. The molecule has 0 bridgehead atoms. The molecule has 0 radical (unpaired) electrons. The van der Waals surface area contributed by atoms with E-state index in [2.05, 4.69) is 31.2 Å². The summed E-state index contributed by atoms with van der Waals surface area (Å²) in [5.41, 5.74) is 5.73. The highest BCUT2D eigenvalue weighted by molar-refractivity contribution is 9.10. The minimum atomic E-state index is 0.445. The van der Waals surface area contributed by atoms with Crippen molar-refractivity contribution in [3.05, 3.63) is 10.8 Å². The molecule has 0 atom stereocenters. The van der Waals surface area contributed by atoms with Gasteiger partial charge in [-0.15, -0.1) is 0 Å². The van der Waals surface area contributed by atoms with Crippen molar-refractivity contribution in [3.63, 3.8) is 0 Å². The zero-order valence-electron chi connectivity index (χ0n) is 9.66. The number of nitrogen functional groups attached to an aromatic ring is 1. The fourth-order valence-corrected chi connectivity index (χ4v) is 2.22. The van der Waals surface area contributed by atoms with E-state index in [9.17, 15) is 0 Å². The quantitative estimate of drug-likeness (QED) is 0.890. The van der Waals surface area contributed by atoms with Gasteiger partial charge in [-0.3, -0.25) is 0 Å². The lowest BCUT2D eigenvalue weighted by atomic mass is 9.97. The smallest absolute Gasteiger partial charge is 0.170 e. The summed E-state index contributed by atoms with van der Waals surface area (Å²) < 4.78 is 6.02. The molecule has 1 aromatic heterocycles. The Hall–Kier alpha value is -0.880. The van der Waals surface area contributed by atoms with Crippen LogP contribution in [0.5, 0.6) is 0 Å². The molecule has 2 heterocycles. The van der Waals surface area contributed by atoms with Gasteiger partial charge in [-0.2, -0.15) is 0 Å². The molecule has 0 spiro atoms. The number of hydrogen-bond acceptors (Lipinski definition) is 5. The number of nitrogens with one attached hydrogen (secondary N) is 1. The van der Waals surface area contributed by atoms with Crippen molar-refractivity contribution >= 4 is 27.6 Å². The molecule has 1 aromatic rings. The molecule has 5 nitrogen and oxygen atoms in total. The monoisotopic (exact) mass is 300 g/mol. The number of nitrogens with zero attached hydrogens (tertiary/aromatic N) is 2. The van der Waals surface area contributed by atoms with Crippen molar-refractivity contribution in [3.8, 4) is 0 Å². The summed E-state index contributed by atoms with van der Waals surface area (Å²) in [6.45, 7) is 2.66. The first-order valence-electron chi connectivity index (χ1n) is 5.85. The first-order valence-corrected chi connectivity index (χ1v) is 6.64. The third-order valence-corrected chi connectivity index (χ3v) is 3.34. The van der Waals surface area contributed by atoms with Crippen LogP contribution in [-0.2, 0) is 4.74 Å². The van der Waals surface area contributed by atoms with Crippen LogP contribution in [0.2, 0.25) is 0 Å². The summed E-state index contributed by atoms with van der Waals surface area (Å²) in [4.78, 5) is 8.28. The molecule has 1 aliphatic heterocycles. The van der Waals surface area contributed by atoms with Gasteiger partial charge in [0.1, 0.15) is 4.60 Å². The van der Waals surface area contributed by atoms with Gasteiger partial charge in [-0.25, -0.2) is 9.97 Å². The summed E-state index contributed by atoms with van der Waals surface area (Å²) in [5.74, 6) is 1.85. The fourth-order valence-electron chi connectivity index (χ4n) is 1.94. The molecule has 1 aliphatic rings. The van der Waals surface area contributed by atoms with Gasteiger partial charge in [0.2, 0.25) is 0 Å². The van der Waals surface area contributed by atoms with Gasteiger partial charge in [0.05, 0.1) is 6.20 Å². The van der Waals surface area contributed by atoms with E-state index in [-0.39, 0.29) is 0 Å². The van der Waals surface area contributed by atoms with Crippen LogP contribution in [0.4, 0.5) is 11.6 Å². The van der Waals surface area contributed by atoms with Crippen LogP contribution < -0.4 is 11.1 Å². The van der Waals surface area contributed by atoms with Crippen LogP contribution >= 0.6 is 15.9 Å². The Morgan fingerprint density at radius 1 is 1.47 bits per heavy atom. The molecule has 1 saturated heterocycles. The Labute approximate surface area is 109 Å². The van der Waals surface area contributed by atoms with Gasteiger partial charge in [-0.1, -0.05) is 0 Å². The van der Waals surface area contributed by atoms with E-state index < -0.39 is 0 Å². The summed E-state index contributed by atoms with van der Waals surface area (Å²) >= 11 is 3.28. The minimum Gasteiger partial charge on any atom is -0.381 e. The van der Waals surface area contributed by atoms with Crippen molar-refractivity contribution in [2.75, 3.05) is 30.8 Å². The van der Waals surface area contributed by atoms with Crippen LogP contribution in [0.15, 0.2) is 10.8 Å². The third kappa shape index (κ3) is 3.81. The average molecular weight is 301 g/mol. The molecule has 0 unspecified atom stereocenters. The molecule has 94 valence electrons. The van der Waals surface area contributed by atoms with Crippen molar-refractivity contribution in [1.82, 2.24) is 9.97 Å². The van der Waals surface area contributed by atoms with Crippen molar-refractivity contribution in [2.45, 2.75) is 19.3 Å². The average Bonchev–Trinajstić information content (AvgIpc) is 2.35. The first kappa shape index (κ1) is 12.6. The normalized spacial score (nSPS) is 17.0. The molecule has 2 rings (SSSR count). The van der Waals surface area contributed by atoms with Gasteiger partial charge in [-0.05, 0) is 41.1 Å². The maximum atomic E-state index is 5.73. The largest absolute Gasteiger partial charge is 0.381 e. The van der Waals surface area contributed by atoms with E-state index in [1.54, 1.807) is 6.20 Å². The minimum absolute atomic E-state index is 0.445. The van der Waals surface area contributed by atoms with Crippen molar-refractivity contribution in [2.24, 2.45) is 5.92 Å². The summed E-state index contributed by atoms with van der Waals surface area (Å²) in [7, 11) is 0. The standard InChI is InChI=1S/C11H17BrN4O/c12-9-7-15-10(13)11(16-9)14-4-1-8-2-5-17-6-3-8/h7-8H,1-6H2,(H2,13,15)(H,14,16). The molecule has 1 fully saturated rings. The third-order valence-electron chi connectivity index (χ3n) is 2.96. The second-order valence-corrected chi connectivity index (χ2v) is 5.01. The predicted octanol–water partition coefficient (Wildman–Crippen LogP) is 2.05. The topological polar surface area (TPSA) is 73.1 Å². The molecular weight excluding hydrogens is 284 g/mol. The molecule has 17 heavy (non-hydrogen) atoms. The van der Waals surface area contributed by atoms with Crippen molar-refractivity contribution in [1.29, 1.82) is 0 Å². The van der Waals surface area contributed by atoms with Gasteiger partial charge in [0, 0.05) is 19.8 Å². The van der Waals surface area contributed by atoms with E-state index in [4.69, 9.17) is 10.5 Å². The second kappa shape index (κ2) is 6.16. The van der Waals surface area contributed by atoms with Crippen LogP contribution in [-0.4, -0.2) is 29.7 Å². The van der Waals surface area contributed by atoms with Gasteiger partial charge in [0.15, 0.2) is 11.6 Å². The number of halogens is 1. The van der Waals surface area contributed by atoms with Crippen molar-refractivity contribution < 1.29 is 4.74 Å². The fraction of sp³-hybridized carbons (Fsp3) is 0.636. The number of anilines is 2. The summed E-state index contributed by atoms with van der Waals surface area (Å²) in [5, 5.41) is 3.23. The Balaban J connectivity index is 1.79. The Kier molecular flexibility index (Phi) is 4.56. The SMILES string of the molecule is Nc1ncc(Br)nc1NCCC1CCOCC1. The summed E-state index contributed by atoms with van der Waals surface area (Å²) in [6.07, 6.45) is 5.03. The van der Waals surface area contributed by atoms with E-state index in [0.29, 0.717) is 16.2 Å². The molecule has 0 aromatic carbocycles. The van der Waals surface area contributed by atoms with Crippen LogP contribution in [0, 0.1) is 5.92 Å². The zero-order chi connectivity index (χ0) is 12.1. The van der Waals surface area contributed by atoms with E-state index >= 15 is 0 Å². The van der Waals surface area contributed by atoms with Crippen LogP contribution in [0.25, 0.3) is 0 Å². The van der Waals surface area contributed by atoms with E-state index in [0.717, 1.165) is 44.9 Å². The van der Waals surface area contributed by atoms with Crippen LogP contribution in [0.1, 0.15) is 19.3 Å². The molecule has 6 heteroatoms. The Bertz CT molecular complexity index is 368. The van der Waals surface area contributed by atoms with Gasteiger partial charge in [0.25, 0.3) is 0 Å². The maximum Gasteiger partial charge on any atom is 0.170 e. The lowest BCUT2D eigenvalue weighted by Gasteiger charge is -2.22. The molecule has 0 aliphatic carbocycles. The number of ether oxygens (including phenoxy) is 1. The number of rotatable bonds is 4. The number of hydrogen-bond donors (Lipinski definition) is 2. The first-order chi connectivity index (χ1) is 8.25. The lowest BCUT2D eigenvalue weighted by Crippen LogP contribution is -2.19. The van der Waals surface area contributed by atoms with E-state index in [1.165, 1.54) is 0 Å². The number of aromatic nitrogens is 2. The molecule has 0 amide bonds. The summed E-state index contributed by atoms with van der Waals surface area (Å²) in [6, 6.07) is 0. The molecule has 3 N–H and O–H groups in total. The maximum absolute atomic E-state index is 5.73.